The number of carbonyl (C=O) groups is 1. The summed E-state index contributed by atoms with van der Waals surface area (Å²) in [5.41, 5.74) is -0.274. The average Bonchev–Trinajstić information content (AvgIpc) is 2.45. The summed E-state index contributed by atoms with van der Waals surface area (Å²) >= 11 is 5.79. The van der Waals surface area contributed by atoms with Crippen molar-refractivity contribution in [2.45, 2.75) is 64.3 Å². The van der Waals surface area contributed by atoms with Gasteiger partial charge < -0.3 is 5.32 Å². The van der Waals surface area contributed by atoms with Gasteiger partial charge in [-0.05, 0) is 32.6 Å². The van der Waals surface area contributed by atoms with Gasteiger partial charge in [-0.15, -0.1) is 11.6 Å². The molecule has 0 heterocycles. The largest absolute Gasteiger partial charge is 0.350 e. The van der Waals surface area contributed by atoms with Gasteiger partial charge in [-0.25, -0.2) is 0 Å². The fraction of sp³-hybridized carbons (Fsp3) is 0.923. The normalized spacial score (nSPS) is 19.2. The number of nitrogens with one attached hydrogen (secondary N) is 1. The van der Waals surface area contributed by atoms with Crippen LogP contribution in [0.1, 0.15) is 58.8 Å². The molecular formula is C13H24ClNO. The number of halogens is 1. The number of amides is 1. The maximum absolute atomic E-state index is 11.8. The lowest BCUT2D eigenvalue weighted by atomic mass is 9.95. The molecule has 1 amide bonds. The molecule has 0 bridgehead atoms. The first-order valence-corrected chi connectivity index (χ1v) is 6.94. The molecule has 94 valence electrons. The molecule has 0 atom stereocenters. The van der Waals surface area contributed by atoms with E-state index in [1.54, 1.807) is 0 Å². The topological polar surface area (TPSA) is 29.1 Å². The second-order valence-corrected chi connectivity index (χ2v) is 5.89. The minimum atomic E-state index is -0.274. The van der Waals surface area contributed by atoms with E-state index in [9.17, 15) is 4.79 Å². The number of hydrogen-bond acceptors (Lipinski definition) is 1. The lowest BCUT2D eigenvalue weighted by Gasteiger charge is -2.24. The van der Waals surface area contributed by atoms with E-state index in [1.807, 2.05) is 13.8 Å². The van der Waals surface area contributed by atoms with Crippen molar-refractivity contribution >= 4 is 17.5 Å². The molecule has 0 unspecified atom stereocenters. The maximum atomic E-state index is 11.8. The molecule has 0 spiro atoms. The zero-order chi connectivity index (χ0) is 12.0. The molecule has 16 heavy (non-hydrogen) atoms. The van der Waals surface area contributed by atoms with E-state index in [1.165, 1.54) is 38.5 Å². The Morgan fingerprint density at radius 2 is 1.81 bits per heavy atom. The predicted octanol–water partition coefficient (Wildman–Crippen LogP) is 3.48. The Bertz CT molecular complexity index is 220. The second kappa shape index (κ2) is 6.48. The van der Waals surface area contributed by atoms with Crippen molar-refractivity contribution in [1.82, 2.24) is 5.32 Å². The second-order valence-electron chi connectivity index (χ2n) is 5.63. The van der Waals surface area contributed by atoms with Gasteiger partial charge in [-0.2, -0.15) is 0 Å². The average molecular weight is 246 g/mol. The SMILES string of the molecule is CC(C)(CCl)NC(=O)CC1CCCCCC1. The van der Waals surface area contributed by atoms with Crippen LogP contribution in [-0.2, 0) is 4.79 Å². The minimum Gasteiger partial charge on any atom is -0.350 e. The lowest BCUT2D eigenvalue weighted by Crippen LogP contribution is -2.45. The van der Waals surface area contributed by atoms with Gasteiger partial charge in [0.1, 0.15) is 0 Å². The third-order valence-corrected chi connectivity index (χ3v) is 3.93. The first-order chi connectivity index (χ1) is 7.53. The van der Waals surface area contributed by atoms with Crippen molar-refractivity contribution in [2.24, 2.45) is 5.92 Å². The van der Waals surface area contributed by atoms with Crippen LogP contribution in [0.15, 0.2) is 0 Å². The van der Waals surface area contributed by atoms with E-state index in [-0.39, 0.29) is 11.4 Å². The standard InChI is InChI=1S/C13H24ClNO/c1-13(2,10-14)15-12(16)9-11-7-5-3-4-6-8-11/h11H,3-10H2,1-2H3,(H,15,16). The van der Waals surface area contributed by atoms with Crippen LogP contribution in [0.5, 0.6) is 0 Å². The molecule has 0 aliphatic heterocycles. The van der Waals surface area contributed by atoms with E-state index in [4.69, 9.17) is 11.6 Å². The van der Waals surface area contributed by atoms with Crippen LogP contribution in [0, 0.1) is 5.92 Å². The third kappa shape index (κ3) is 5.20. The summed E-state index contributed by atoms with van der Waals surface area (Å²) in [5, 5.41) is 3.00. The zero-order valence-electron chi connectivity index (χ0n) is 10.5. The molecule has 1 aliphatic rings. The maximum Gasteiger partial charge on any atom is 0.220 e. The Hall–Kier alpha value is -0.240. The van der Waals surface area contributed by atoms with Crippen LogP contribution in [0.4, 0.5) is 0 Å². The third-order valence-electron chi connectivity index (χ3n) is 3.26. The van der Waals surface area contributed by atoms with Crippen LogP contribution in [0.2, 0.25) is 0 Å². The number of carbonyl (C=O) groups excluding carboxylic acids is 1. The fourth-order valence-electron chi connectivity index (χ4n) is 2.29. The number of alkyl halides is 1. The van der Waals surface area contributed by atoms with E-state index in [0.29, 0.717) is 18.2 Å². The molecule has 1 saturated carbocycles. The van der Waals surface area contributed by atoms with Crippen LogP contribution in [-0.4, -0.2) is 17.3 Å². The van der Waals surface area contributed by atoms with Crippen molar-refractivity contribution in [1.29, 1.82) is 0 Å². The number of hydrogen-bond donors (Lipinski definition) is 1. The zero-order valence-corrected chi connectivity index (χ0v) is 11.3. The molecule has 0 radical (unpaired) electrons. The molecule has 0 aromatic heterocycles. The number of rotatable bonds is 4. The Kier molecular flexibility index (Phi) is 5.60. The first kappa shape index (κ1) is 13.8. The van der Waals surface area contributed by atoms with Crippen molar-refractivity contribution in [2.75, 3.05) is 5.88 Å². The molecule has 1 aliphatic carbocycles. The molecule has 1 N–H and O–H groups in total. The van der Waals surface area contributed by atoms with Crippen molar-refractivity contribution < 1.29 is 4.79 Å². The highest BCUT2D eigenvalue weighted by molar-refractivity contribution is 6.18. The highest BCUT2D eigenvalue weighted by atomic mass is 35.5. The predicted molar refractivity (Wildman–Crippen MR) is 68.8 cm³/mol. The summed E-state index contributed by atoms with van der Waals surface area (Å²) in [6, 6.07) is 0. The lowest BCUT2D eigenvalue weighted by molar-refractivity contribution is -0.123. The summed E-state index contributed by atoms with van der Waals surface area (Å²) in [5.74, 6) is 1.22. The van der Waals surface area contributed by atoms with E-state index >= 15 is 0 Å². The molecule has 1 rings (SSSR count). The Labute approximate surface area is 104 Å². The van der Waals surface area contributed by atoms with Gasteiger partial charge in [0.05, 0.1) is 0 Å². The molecule has 0 saturated heterocycles. The van der Waals surface area contributed by atoms with Crippen LogP contribution < -0.4 is 5.32 Å². The highest BCUT2D eigenvalue weighted by Crippen LogP contribution is 2.25. The van der Waals surface area contributed by atoms with E-state index in [0.717, 1.165) is 0 Å². The Morgan fingerprint density at radius 1 is 1.25 bits per heavy atom. The summed E-state index contributed by atoms with van der Waals surface area (Å²) < 4.78 is 0. The van der Waals surface area contributed by atoms with Crippen molar-refractivity contribution in [3.05, 3.63) is 0 Å². The summed E-state index contributed by atoms with van der Waals surface area (Å²) in [6.07, 6.45) is 8.37. The molecule has 0 aromatic carbocycles. The highest BCUT2D eigenvalue weighted by Gasteiger charge is 2.22. The van der Waals surface area contributed by atoms with Gasteiger partial charge in [0, 0.05) is 17.8 Å². The smallest absolute Gasteiger partial charge is 0.220 e. The minimum absolute atomic E-state index is 0.164. The van der Waals surface area contributed by atoms with Gasteiger partial charge in [0.2, 0.25) is 5.91 Å². The van der Waals surface area contributed by atoms with Gasteiger partial charge in [-0.1, -0.05) is 25.7 Å². The summed E-state index contributed by atoms with van der Waals surface area (Å²) in [4.78, 5) is 11.8. The van der Waals surface area contributed by atoms with Gasteiger partial charge >= 0.3 is 0 Å². The van der Waals surface area contributed by atoms with E-state index in [2.05, 4.69) is 5.32 Å². The quantitative estimate of drug-likeness (QED) is 0.596. The Balaban J connectivity index is 2.32. The molecule has 3 heteroatoms. The summed E-state index contributed by atoms with van der Waals surface area (Å²) in [6.45, 7) is 3.93. The van der Waals surface area contributed by atoms with Crippen molar-refractivity contribution in [3.8, 4) is 0 Å². The fourth-order valence-corrected chi connectivity index (χ4v) is 2.36. The van der Waals surface area contributed by atoms with Gasteiger partial charge in [-0.3, -0.25) is 4.79 Å². The van der Waals surface area contributed by atoms with Crippen LogP contribution >= 0.6 is 11.6 Å². The first-order valence-electron chi connectivity index (χ1n) is 6.40. The molecule has 2 nitrogen and oxygen atoms in total. The van der Waals surface area contributed by atoms with Crippen LogP contribution in [0.3, 0.4) is 0 Å². The van der Waals surface area contributed by atoms with Crippen molar-refractivity contribution in [3.63, 3.8) is 0 Å². The summed E-state index contributed by atoms with van der Waals surface area (Å²) in [7, 11) is 0. The molecule has 0 aromatic rings. The monoisotopic (exact) mass is 245 g/mol. The van der Waals surface area contributed by atoms with E-state index < -0.39 is 0 Å². The Morgan fingerprint density at radius 3 is 2.31 bits per heavy atom. The molecule has 1 fully saturated rings. The molecular weight excluding hydrogens is 222 g/mol. The van der Waals surface area contributed by atoms with Crippen LogP contribution in [0.25, 0.3) is 0 Å². The van der Waals surface area contributed by atoms with Gasteiger partial charge in [0.15, 0.2) is 0 Å². The van der Waals surface area contributed by atoms with Gasteiger partial charge in [0.25, 0.3) is 0 Å².